The molecule has 0 spiro atoms. The Labute approximate surface area is 125 Å². The number of nitrogens with zero attached hydrogens (tertiary/aromatic N) is 2. The van der Waals surface area contributed by atoms with E-state index in [0.29, 0.717) is 5.69 Å². The molecule has 2 rings (SSSR count). The summed E-state index contributed by atoms with van der Waals surface area (Å²) in [7, 11) is 0. The lowest BCUT2D eigenvalue weighted by Crippen LogP contribution is -2.08. The molecule has 2 N–H and O–H groups in total. The third kappa shape index (κ3) is 4.08. The Morgan fingerprint density at radius 2 is 1.71 bits per heavy atom. The molecular formula is C16H21N3O2. The molecule has 0 aliphatic rings. The third-order valence-electron chi connectivity index (χ3n) is 2.64. The van der Waals surface area contributed by atoms with Crippen LogP contribution in [0.15, 0.2) is 30.5 Å². The average molecular weight is 287 g/mol. The smallest absolute Gasteiger partial charge is 0.220 e. The molecule has 0 aliphatic carbocycles. The van der Waals surface area contributed by atoms with Crippen LogP contribution in [-0.2, 0) is 0 Å². The lowest BCUT2D eigenvalue weighted by Gasteiger charge is -2.16. The molecule has 1 heterocycles. The van der Waals surface area contributed by atoms with E-state index in [1.54, 1.807) is 12.3 Å². The van der Waals surface area contributed by atoms with E-state index in [9.17, 15) is 0 Å². The van der Waals surface area contributed by atoms with Crippen molar-refractivity contribution in [1.29, 1.82) is 0 Å². The Morgan fingerprint density at radius 3 is 2.33 bits per heavy atom. The predicted molar refractivity (Wildman–Crippen MR) is 83.4 cm³/mol. The van der Waals surface area contributed by atoms with Crippen LogP contribution in [0.3, 0.4) is 0 Å². The van der Waals surface area contributed by atoms with Crippen LogP contribution in [0.25, 0.3) is 11.3 Å². The Hall–Kier alpha value is -2.30. The number of hydrogen-bond acceptors (Lipinski definition) is 5. The average Bonchev–Trinajstić information content (AvgIpc) is 2.39. The topological polar surface area (TPSA) is 70.3 Å². The number of anilines is 1. The third-order valence-corrected chi connectivity index (χ3v) is 2.64. The summed E-state index contributed by atoms with van der Waals surface area (Å²) in [4.78, 5) is 8.18. The molecule has 21 heavy (non-hydrogen) atoms. The maximum absolute atomic E-state index is 5.84. The van der Waals surface area contributed by atoms with Crippen LogP contribution >= 0.6 is 0 Å². The van der Waals surface area contributed by atoms with Gasteiger partial charge in [-0.2, -0.15) is 0 Å². The van der Waals surface area contributed by atoms with Gasteiger partial charge in [0, 0.05) is 11.8 Å². The summed E-state index contributed by atoms with van der Waals surface area (Å²) in [5.41, 5.74) is 7.23. The number of benzene rings is 1. The van der Waals surface area contributed by atoms with Crippen molar-refractivity contribution in [2.24, 2.45) is 0 Å². The van der Waals surface area contributed by atoms with E-state index in [0.717, 1.165) is 17.1 Å². The van der Waals surface area contributed by atoms with Gasteiger partial charge in [-0.3, -0.25) is 0 Å². The van der Waals surface area contributed by atoms with Gasteiger partial charge in [-0.15, -0.1) is 0 Å². The van der Waals surface area contributed by atoms with Gasteiger partial charge in [0.2, 0.25) is 5.95 Å². The highest BCUT2D eigenvalue weighted by molar-refractivity contribution is 5.69. The van der Waals surface area contributed by atoms with Gasteiger partial charge in [-0.05, 0) is 52.0 Å². The Kier molecular flexibility index (Phi) is 4.62. The van der Waals surface area contributed by atoms with E-state index in [-0.39, 0.29) is 18.2 Å². The van der Waals surface area contributed by atoms with Crippen molar-refractivity contribution in [3.05, 3.63) is 30.5 Å². The van der Waals surface area contributed by atoms with Crippen molar-refractivity contribution in [2.45, 2.75) is 39.9 Å². The highest BCUT2D eigenvalue weighted by atomic mass is 16.5. The highest BCUT2D eigenvalue weighted by Gasteiger charge is 2.12. The van der Waals surface area contributed by atoms with Crippen LogP contribution in [0.5, 0.6) is 11.5 Å². The van der Waals surface area contributed by atoms with Gasteiger partial charge in [-0.1, -0.05) is 0 Å². The van der Waals surface area contributed by atoms with Crippen LogP contribution < -0.4 is 15.2 Å². The second-order valence-electron chi connectivity index (χ2n) is 5.29. The summed E-state index contributed by atoms with van der Waals surface area (Å²) < 4.78 is 11.6. The summed E-state index contributed by atoms with van der Waals surface area (Å²) in [6.45, 7) is 7.94. The van der Waals surface area contributed by atoms with Gasteiger partial charge in [0.05, 0.1) is 17.9 Å². The van der Waals surface area contributed by atoms with Crippen molar-refractivity contribution < 1.29 is 9.47 Å². The molecule has 0 saturated carbocycles. The number of nitrogen functional groups attached to an aromatic ring is 1. The summed E-state index contributed by atoms with van der Waals surface area (Å²) in [5.74, 6) is 1.76. The molecule has 1 aromatic heterocycles. The molecule has 112 valence electrons. The van der Waals surface area contributed by atoms with E-state index >= 15 is 0 Å². The number of ether oxygens (including phenoxy) is 2. The first-order chi connectivity index (χ1) is 9.95. The molecule has 1 aromatic carbocycles. The molecular weight excluding hydrogens is 266 g/mol. The first kappa shape index (κ1) is 15.1. The molecule has 0 saturated heterocycles. The van der Waals surface area contributed by atoms with E-state index in [1.165, 1.54) is 0 Å². The van der Waals surface area contributed by atoms with Gasteiger partial charge in [-0.25, -0.2) is 9.97 Å². The number of rotatable bonds is 5. The van der Waals surface area contributed by atoms with Crippen LogP contribution in [-0.4, -0.2) is 22.2 Å². The van der Waals surface area contributed by atoms with Crippen molar-refractivity contribution in [3.8, 4) is 22.8 Å². The quantitative estimate of drug-likeness (QED) is 0.913. The van der Waals surface area contributed by atoms with E-state index < -0.39 is 0 Å². The Morgan fingerprint density at radius 1 is 1.00 bits per heavy atom. The molecule has 5 nitrogen and oxygen atoms in total. The molecule has 0 atom stereocenters. The van der Waals surface area contributed by atoms with Crippen molar-refractivity contribution in [3.63, 3.8) is 0 Å². The second kappa shape index (κ2) is 6.43. The number of hydrogen-bond donors (Lipinski definition) is 1. The van der Waals surface area contributed by atoms with Crippen molar-refractivity contribution >= 4 is 5.95 Å². The lowest BCUT2D eigenvalue weighted by atomic mass is 10.1. The fraction of sp³-hybridized carbons (Fsp3) is 0.375. The minimum Gasteiger partial charge on any atom is -0.491 e. The minimum atomic E-state index is 0.0693. The van der Waals surface area contributed by atoms with Gasteiger partial charge in [0.25, 0.3) is 0 Å². The van der Waals surface area contributed by atoms with Crippen molar-refractivity contribution in [1.82, 2.24) is 9.97 Å². The number of nitrogens with two attached hydrogens (primary N) is 1. The fourth-order valence-corrected chi connectivity index (χ4v) is 1.94. The minimum absolute atomic E-state index is 0.0693. The van der Waals surface area contributed by atoms with Crippen LogP contribution in [0, 0.1) is 0 Å². The van der Waals surface area contributed by atoms with Gasteiger partial charge >= 0.3 is 0 Å². The number of aromatic nitrogens is 2. The predicted octanol–water partition coefficient (Wildman–Crippen LogP) is 3.30. The normalized spacial score (nSPS) is 11.0. The molecule has 0 bridgehead atoms. The standard InChI is InChI=1S/C16H21N3O2/c1-10(2)20-12-5-6-15(21-11(3)4)13(9-12)14-7-8-18-16(17)19-14/h5-11H,1-4H3,(H2,17,18,19). The first-order valence-corrected chi connectivity index (χ1v) is 7.02. The Bertz CT molecular complexity index is 612. The largest absolute Gasteiger partial charge is 0.491 e. The molecule has 2 aromatic rings. The molecule has 0 fully saturated rings. The zero-order chi connectivity index (χ0) is 15.4. The zero-order valence-corrected chi connectivity index (χ0v) is 12.8. The van der Waals surface area contributed by atoms with E-state index in [4.69, 9.17) is 15.2 Å². The van der Waals surface area contributed by atoms with E-state index in [2.05, 4.69) is 9.97 Å². The molecule has 0 aliphatic heterocycles. The molecule has 0 radical (unpaired) electrons. The van der Waals surface area contributed by atoms with Crippen molar-refractivity contribution in [2.75, 3.05) is 5.73 Å². The lowest BCUT2D eigenvalue weighted by molar-refractivity contribution is 0.235. The summed E-state index contributed by atoms with van der Waals surface area (Å²) in [6, 6.07) is 7.51. The van der Waals surface area contributed by atoms with E-state index in [1.807, 2.05) is 45.9 Å². The summed E-state index contributed by atoms with van der Waals surface area (Å²) >= 11 is 0. The molecule has 5 heteroatoms. The second-order valence-corrected chi connectivity index (χ2v) is 5.29. The monoisotopic (exact) mass is 287 g/mol. The molecule has 0 unspecified atom stereocenters. The summed E-state index contributed by atoms with van der Waals surface area (Å²) in [5, 5.41) is 0. The maximum Gasteiger partial charge on any atom is 0.220 e. The van der Waals surface area contributed by atoms with Gasteiger partial charge < -0.3 is 15.2 Å². The van der Waals surface area contributed by atoms with Gasteiger partial charge in [0.1, 0.15) is 11.5 Å². The van der Waals surface area contributed by atoms with Crippen LogP contribution in [0.2, 0.25) is 0 Å². The Balaban J connectivity index is 2.47. The van der Waals surface area contributed by atoms with Crippen LogP contribution in [0.4, 0.5) is 5.95 Å². The fourth-order valence-electron chi connectivity index (χ4n) is 1.94. The zero-order valence-electron chi connectivity index (χ0n) is 12.8. The molecule has 0 amide bonds. The summed E-state index contributed by atoms with van der Waals surface area (Å²) in [6.07, 6.45) is 1.80. The maximum atomic E-state index is 5.84. The SMILES string of the molecule is CC(C)Oc1ccc(OC(C)C)c(-c2ccnc(N)n2)c1. The first-order valence-electron chi connectivity index (χ1n) is 7.02. The van der Waals surface area contributed by atoms with Gasteiger partial charge in [0.15, 0.2) is 0 Å². The van der Waals surface area contributed by atoms with Crippen LogP contribution in [0.1, 0.15) is 27.7 Å². The highest BCUT2D eigenvalue weighted by Crippen LogP contribution is 2.33.